The number of hydrogen-bond donors (Lipinski definition) is 2. The summed E-state index contributed by atoms with van der Waals surface area (Å²) in [5.41, 5.74) is 0.659. The number of amides is 2. The van der Waals surface area contributed by atoms with Crippen LogP contribution in [0.4, 0.5) is 5.69 Å². The molecule has 3 aromatic rings. The number of benzene rings is 2. The van der Waals surface area contributed by atoms with E-state index in [-0.39, 0.29) is 23.5 Å². The third-order valence-corrected chi connectivity index (χ3v) is 4.73. The van der Waals surface area contributed by atoms with E-state index in [9.17, 15) is 19.2 Å². The highest BCUT2D eigenvalue weighted by atomic mass is 16.5. The molecule has 9 heteroatoms. The van der Waals surface area contributed by atoms with Gasteiger partial charge in [-0.2, -0.15) is 0 Å². The van der Waals surface area contributed by atoms with Crippen molar-refractivity contribution in [3.05, 3.63) is 70.1 Å². The zero-order chi connectivity index (χ0) is 23.3. The molecule has 0 aliphatic heterocycles. The van der Waals surface area contributed by atoms with E-state index in [0.717, 1.165) is 0 Å². The number of fused-ring (bicyclic) bond motifs is 1. The highest BCUT2D eigenvalue weighted by Crippen LogP contribution is 2.24. The Morgan fingerprint density at radius 1 is 1.06 bits per heavy atom. The lowest BCUT2D eigenvalue weighted by molar-refractivity contribution is -0.142. The third kappa shape index (κ3) is 5.12. The van der Waals surface area contributed by atoms with Crippen molar-refractivity contribution < 1.29 is 28.3 Å². The second kappa shape index (κ2) is 9.78. The van der Waals surface area contributed by atoms with Crippen LogP contribution >= 0.6 is 0 Å². The molecule has 166 valence electrons. The highest BCUT2D eigenvalue weighted by Gasteiger charge is 2.25. The van der Waals surface area contributed by atoms with Crippen molar-refractivity contribution in [3.63, 3.8) is 0 Å². The fourth-order valence-electron chi connectivity index (χ4n) is 3.28. The van der Waals surface area contributed by atoms with E-state index in [4.69, 9.17) is 13.9 Å². The predicted molar refractivity (Wildman–Crippen MR) is 117 cm³/mol. The second-order valence-electron chi connectivity index (χ2n) is 6.93. The SMILES string of the molecule is COC(=O)[C@H](Cc1cc(=O)oc2cc(OC)ccc12)NC(=O)c1ccccc1NC(C)=O. The van der Waals surface area contributed by atoms with Gasteiger partial charge in [0.2, 0.25) is 5.91 Å². The molecule has 0 fully saturated rings. The number of carbonyl (C=O) groups excluding carboxylic acids is 3. The Morgan fingerprint density at radius 3 is 2.50 bits per heavy atom. The van der Waals surface area contributed by atoms with Crippen LogP contribution in [0.2, 0.25) is 0 Å². The van der Waals surface area contributed by atoms with Gasteiger partial charge in [-0.05, 0) is 29.8 Å². The van der Waals surface area contributed by atoms with E-state index >= 15 is 0 Å². The summed E-state index contributed by atoms with van der Waals surface area (Å²) in [6.45, 7) is 1.33. The first kappa shape index (κ1) is 22.5. The number of anilines is 1. The average molecular weight is 438 g/mol. The normalized spacial score (nSPS) is 11.5. The van der Waals surface area contributed by atoms with Gasteiger partial charge < -0.3 is 24.5 Å². The van der Waals surface area contributed by atoms with E-state index in [1.807, 2.05) is 0 Å². The van der Waals surface area contributed by atoms with E-state index < -0.39 is 23.5 Å². The first-order chi connectivity index (χ1) is 15.3. The Hall–Kier alpha value is -4.14. The van der Waals surface area contributed by atoms with Crippen molar-refractivity contribution in [1.82, 2.24) is 5.32 Å². The van der Waals surface area contributed by atoms with Gasteiger partial charge >= 0.3 is 11.6 Å². The molecule has 1 atom stereocenters. The summed E-state index contributed by atoms with van der Waals surface area (Å²) in [7, 11) is 2.69. The molecule has 2 N–H and O–H groups in total. The number of ether oxygens (including phenoxy) is 2. The summed E-state index contributed by atoms with van der Waals surface area (Å²) < 4.78 is 15.2. The van der Waals surface area contributed by atoms with Gasteiger partial charge in [0.05, 0.1) is 25.5 Å². The van der Waals surface area contributed by atoms with Gasteiger partial charge in [-0.3, -0.25) is 9.59 Å². The van der Waals surface area contributed by atoms with Crippen LogP contribution < -0.4 is 21.0 Å². The number of rotatable bonds is 7. The monoisotopic (exact) mass is 438 g/mol. The molecule has 0 spiro atoms. The van der Waals surface area contributed by atoms with Gasteiger partial charge in [0.1, 0.15) is 17.4 Å². The fraction of sp³-hybridized carbons (Fsp3) is 0.217. The molecule has 9 nitrogen and oxygen atoms in total. The van der Waals surface area contributed by atoms with Crippen molar-refractivity contribution in [2.75, 3.05) is 19.5 Å². The summed E-state index contributed by atoms with van der Waals surface area (Å²) in [6.07, 6.45) is -0.0187. The minimum atomic E-state index is -1.09. The third-order valence-electron chi connectivity index (χ3n) is 4.73. The molecular weight excluding hydrogens is 416 g/mol. The number of methoxy groups -OCH3 is 2. The maximum absolute atomic E-state index is 12.9. The number of hydrogen-bond acceptors (Lipinski definition) is 7. The van der Waals surface area contributed by atoms with Crippen molar-refractivity contribution in [2.24, 2.45) is 0 Å². The molecule has 0 saturated carbocycles. The molecule has 0 aliphatic carbocycles. The quantitative estimate of drug-likeness (QED) is 0.428. The largest absolute Gasteiger partial charge is 0.497 e. The first-order valence-corrected chi connectivity index (χ1v) is 9.68. The maximum Gasteiger partial charge on any atom is 0.336 e. The summed E-state index contributed by atoms with van der Waals surface area (Å²) in [6, 6.07) is 11.5. The molecule has 0 bridgehead atoms. The van der Waals surface area contributed by atoms with E-state index in [0.29, 0.717) is 22.4 Å². The molecule has 0 unspecified atom stereocenters. The number of para-hydroxylation sites is 1. The first-order valence-electron chi connectivity index (χ1n) is 9.68. The molecule has 0 radical (unpaired) electrons. The lowest BCUT2D eigenvalue weighted by Crippen LogP contribution is -2.43. The molecule has 1 aromatic heterocycles. The van der Waals surface area contributed by atoms with Crippen LogP contribution in [0, 0.1) is 0 Å². The smallest absolute Gasteiger partial charge is 0.336 e. The van der Waals surface area contributed by atoms with Crippen LogP contribution in [-0.2, 0) is 20.7 Å². The van der Waals surface area contributed by atoms with Gasteiger partial charge in [0.15, 0.2) is 0 Å². The topological polar surface area (TPSA) is 124 Å². The Kier molecular flexibility index (Phi) is 6.89. The number of nitrogens with one attached hydrogen (secondary N) is 2. The highest BCUT2D eigenvalue weighted by molar-refractivity contribution is 6.04. The van der Waals surface area contributed by atoms with Gasteiger partial charge in [0, 0.05) is 30.9 Å². The molecule has 3 rings (SSSR count). The lowest BCUT2D eigenvalue weighted by Gasteiger charge is -2.18. The Bertz CT molecular complexity index is 1230. The molecule has 32 heavy (non-hydrogen) atoms. The molecule has 0 aliphatic rings. The van der Waals surface area contributed by atoms with Crippen molar-refractivity contribution in [2.45, 2.75) is 19.4 Å². The Balaban J connectivity index is 1.94. The summed E-state index contributed by atoms with van der Waals surface area (Å²) in [5, 5.41) is 5.80. The lowest BCUT2D eigenvalue weighted by atomic mass is 10.0. The van der Waals surface area contributed by atoms with Crippen LogP contribution in [0.1, 0.15) is 22.8 Å². The molecule has 2 amide bonds. The van der Waals surface area contributed by atoms with E-state index in [1.54, 1.807) is 36.4 Å². The molecular formula is C23H22N2O7. The minimum Gasteiger partial charge on any atom is -0.497 e. The number of esters is 1. The van der Waals surface area contributed by atoms with Gasteiger partial charge in [-0.15, -0.1) is 0 Å². The van der Waals surface area contributed by atoms with Crippen LogP contribution in [0.25, 0.3) is 11.0 Å². The fourth-order valence-corrected chi connectivity index (χ4v) is 3.28. The van der Waals surface area contributed by atoms with E-state index in [2.05, 4.69) is 10.6 Å². The van der Waals surface area contributed by atoms with E-state index in [1.165, 1.54) is 33.3 Å². The summed E-state index contributed by atoms with van der Waals surface area (Å²) in [5.74, 6) is -1.11. The average Bonchev–Trinajstić information content (AvgIpc) is 2.77. The van der Waals surface area contributed by atoms with Crippen molar-refractivity contribution >= 4 is 34.4 Å². The standard InChI is InChI=1S/C23H22N2O7/c1-13(26)24-18-7-5-4-6-17(18)22(28)25-19(23(29)31-3)10-14-11-21(27)32-20-12-15(30-2)8-9-16(14)20/h4-9,11-12,19H,10H2,1-3H3,(H,24,26)(H,25,28)/t19-/m0/s1. The predicted octanol–water partition coefficient (Wildman–Crippen LogP) is 2.27. The van der Waals surface area contributed by atoms with Crippen LogP contribution in [0.5, 0.6) is 5.75 Å². The molecule has 1 heterocycles. The van der Waals surface area contributed by atoms with Gasteiger partial charge in [-0.25, -0.2) is 9.59 Å². The Labute approximate surface area is 183 Å². The molecule has 2 aromatic carbocycles. The van der Waals surface area contributed by atoms with Gasteiger partial charge in [0.25, 0.3) is 5.91 Å². The van der Waals surface area contributed by atoms with Crippen molar-refractivity contribution in [1.29, 1.82) is 0 Å². The van der Waals surface area contributed by atoms with Crippen LogP contribution in [0.3, 0.4) is 0 Å². The van der Waals surface area contributed by atoms with Crippen molar-refractivity contribution in [3.8, 4) is 5.75 Å². The van der Waals surface area contributed by atoms with Crippen LogP contribution in [0.15, 0.2) is 57.7 Å². The zero-order valence-corrected chi connectivity index (χ0v) is 17.8. The molecule has 0 saturated heterocycles. The van der Waals surface area contributed by atoms with Crippen LogP contribution in [-0.4, -0.2) is 38.0 Å². The second-order valence-corrected chi connectivity index (χ2v) is 6.93. The number of carbonyl (C=O) groups is 3. The summed E-state index contributed by atoms with van der Waals surface area (Å²) in [4.78, 5) is 48.9. The zero-order valence-electron chi connectivity index (χ0n) is 17.8. The van der Waals surface area contributed by atoms with Gasteiger partial charge in [-0.1, -0.05) is 12.1 Å². The Morgan fingerprint density at radius 2 is 1.81 bits per heavy atom. The summed E-state index contributed by atoms with van der Waals surface area (Å²) >= 11 is 0. The maximum atomic E-state index is 12.9. The minimum absolute atomic E-state index is 0.0187.